The molecule has 0 spiro atoms. The quantitative estimate of drug-likeness (QED) is 0.775. The summed E-state index contributed by atoms with van der Waals surface area (Å²) in [6.07, 6.45) is 0. The number of halogens is 4. The third-order valence-electron chi connectivity index (χ3n) is 3.30. The smallest absolute Gasteiger partial charge is 0.160 e. The van der Waals surface area contributed by atoms with Gasteiger partial charge in [-0.3, -0.25) is 0 Å². The third-order valence-corrected chi connectivity index (χ3v) is 3.61. The van der Waals surface area contributed by atoms with Crippen molar-refractivity contribution in [3.05, 3.63) is 58.4 Å². The summed E-state index contributed by atoms with van der Waals surface area (Å²) in [5, 5.41) is 3.18. The van der Waals surface area contributed by atoms with Gasteiger partial charge in [-0.05, 0) is 43.3 Å². The lowest BCUT2D eigenvalue weighted by Crippen LogP contribution is -2.17. The van der Waals surface area contributed by atoms with E-state index < -0.39 is 17.5 Å². The molecule has 1 atom stereocenters. The third kappa shape index (κ3) is 3.39. The first-order valence-electron chi connectivity index (χ1n) is 6.61. The lowest BCUT2D eigenvalue weighted by molar-refractivity contribution is 0.509. The van der Waals surface area contributed by atoms with Gasteiger partial charge < -0.3 is 5.32 Å². The standard InChI is InChI=1S/C16H15ClF3N/c1-3-21-9(2)10-4-5-14(18)12(6-10)11-7-15(19)16(20)8-13(11)17/h4-9,21H,3H2,1-2H3. The number of hydrogen-bond acceptors (Lipinski definition) is 1. The predicted molar refractivity (Wildman–Crippen MR) is 78.9 cm³/mol. The van der Waals surface area contributed by atoms with Crippen LogP contribution < -0.4 is 5.32 Å². The van der Waals surface area contributed by atoms with Gasteiger partial charge in [-0.25, -0.2) is 13.2 Å². The summed E-state index contributed by atoms with van der Waals surface area (Å²) < 4.78 is 40.5. The highest BCUT2D eigenvalue weighted by molar-refractivity contribution is 6.33. The molecule has 5 heteroatoms. The van der Waals surface area contributed by atoms with E-state index in [4.69, 9.17) is 11.6 Å². The Balaban J connectivity index is 2.53. The fourth-order valence-electron chi connectivity index (χ4n) is 2.17. The minimum absolute atomic E-state index is 0.0124. The Labute approximate surface area is 126 Å². The summed E-state index contributed by atoms with van der Waals surface area (Å²) in [6.45, 7) is 4.67. The number of hydrogen-bond donors (Lipinski definition) is 1. The molecule has 2 aromatic carbocycles. The SMILES string of the molecule is CCNC(C)c1ccc(F)c(-c2cc(F)c(F)cc2Cl)c1. The van der Waals surface area contributed by atoms with Crippen molar-refractivity contribution in [2.24, 2.45) is 0 Å². The largest absolute Gasteiger partial charge is 0.310 e. The van der Waals surface area contributed by atoms with Crippen LogP contribution in [0.1, 0.15) is 25.5 Å². The molecule has 1 nitrogen and oxygen atoms in total. The molecular formula is C16H15ClF3N. The molecule has 0 radical (unpaired) electrons. The van der Waals surface area contributed by atoms with Crippen molar-refractivity contribution in [2.45, 2.75) is 19.9 Å². The van der Waals surface area contributed by atoms with Crippen molar-refractivity contribution in [1.82, 2.24) is 5.32 Å². The van der Waals surface area contributed by atoms with Crippen LogP contribution in [0.2, 0.25) is 5.02 Å². The summed E-state index contributed by atoms with van der Waals surface area (Å²) in [5.74, 6) is -2.64. The molecule has 0 aliphatic rings. The molecule has 21 heavy (non-hydrogen) atoms. The highest BCUT2D eigenvalue weighted by atomic mass is 35.5. The molecule has 0 aliphatic heterocycles. The minimum atomic E-state index is -1.06. The Morgan fingerprint density at radius 3 is 2.33 bits per heavy atom. The van der Waals surface area contributed by atoms with Crippen LogP contribution in [0.4, 0.5) is 13.2 Å². The first-order chi connectivity index (χ1) is 9.93. The molecule has 2 rings (SSSR count). The zero-order chi connectivity index (χ0) is 15.6. The van der Waals surface area contributed by atoms with E-state index in [0.717, 1.165) is 24.2 Å². The van der Waals surface area contributed by atoms with Crippen molar-refractivity contribution in [1.29, 1.82) is 0 Å². The van der Waals surface area contributed by atoms with Crippen LogP contribution in [0.15, 0.2) is 30.3 Å². The van der Waals surface area contributed by atoms with Crippen molar-refractivity contribution >= 4 is 11.6 Å². The number of benzene rings is 2. The van der Waals surface area contributed by atoms with E-state index in [1.807, 2.05) is 13.8 Å². The molecule has 0 aliphatic carbocycles. The van der Waals surface area contributed by atoms with E-state index in [9.17, 15) is 13.2 Å². The Morgan fingerprint density at radius 2 is 1.67 bits per heavy atom. The molecule has 2 aromatic rings. The first-order valence-corrected chi connectivity index (χ1v) is 6.99. The Hall–Kier alpha value is -1.52. The van der Waals surface area contributed by atoms with Crippen LogP contribution >= 0.6 is 11.6 Å². The molecule has 0 aromatic heterocycles. The van der Waals surface area contributed by atoms with Gasteiger partial charge in [0.25, 0.3) is 0 Å². The average Bonchev–Trinajstić information content (AvgIpc) is 2.44. The normalized spacial score (nSPS) is 12.5. The zero-order valence-corrected chi connectivity index (χ0v) is 12.4. The van der Waals surface area contributed by atoms with Gasteiger partial charge in [0, 0.05) is 17.2 Å². The summed E-state index contributed by atoms with van der Waals surface area (Å²) in [5.41, 5.74) is 1.13. The van der Waals surface area contributed by atoms with E-state index in [0.29, 0.717) is 0 Å². The monoisotopic (exact) mass is 313 g/mol. The topological polar surface area (TPSA) is 12.0 Å². The Morgan fingerprint density at radius 1 is 1.00 bits per heavy atom. The minimum Gasteiger partial charge on any atom is -0.310 e. The molecule has 112 valence electrons. The molecule has 0 bridgehead atoms. The fourth-order valence-corrected chi connectivity index (χ4v) is 2.42. The van der Waals surface area contributed by atoms with Crippen LogP contribution in [0.25, 0.3) is 11.1 Å². The molecule has 1 N–H and O–H groups in total. The van der Waals surface area contributed by atoms with Gasteiger partial charge in [0.15, 0.2) is 11.6 Å². The lowest BCUT2D eigenvalue weighted by Gasteiger charge is -2.15. The van der Waals surface area contributed by atoms with Crippen LogP contribution in [-0.2, 0) is 0 Å². The van der Waals surface area contributed by atoms with Crippen LogP contribution in [-0.4, -0.2) is 6.54 Å². The summed E-state index contributed by atoms with van der Waals surface area (Å²) in [4.78, 5) is 0. The summed E-state index contributed by atoms with van der Waals surface area (Å²) in [7, 11) is 0. The van der Waals surface area contributed by atoms with E-state index in [2.05, 4.69) is 5.32 Å². The Kier molecular flexibility index (Phi) is 4.91. The highest BCUT2D eigenvalue weighted by Gasteiger charge is 2.15. The molecule has 1 unspecified atom stereocenters. The van der Waals surface area contributed by atoms with Gasteiger partial charge >= 0.3 is 0 Å². The second kappa shape index (κ2) is 6.50. The van der Waals surface area contributed by atoms with Crippen molar-refractivity contribution in [3.63, 3.8) is 0 Å². The fraction of sp³-hybridized carbons (Fsp3) is 0.250. The molecular weight excluding hydrogens is 299 g/mol. The maximum atomic E-state index is 14.0. The molecule has 0 fully saturated rings. The molecule has 0 amide bonds. The van der Waals surface area contributed by atoms with Gasteiger partial charge in [0.05, 0.1) is 5.02 Å². The van der Waals surface area contributed by atoms with Crippen LogP contribution in [0.5, 0.6) is 0 Å². The molecule has 0 saturated carbocycles. The van der Waals surface area contributed by atoms with Crippen LogP contribution in [0.3, 0.4) is 0 Å². The maximum absolute atomic E-state index is 14.0. The van der Waals surface area contributed by atoms with Gasteiger partial charge in [0.1, 0.15) is 5.82 Å². The van der Waals surface area contributed by atoms with Crippen molar-refractivity contribution in [3.8, 4) is 11.1 Å². The molecule has 0 heterocycles. The van der Waals surface area contributed by atoms with Crippen LogP contribution in [0, 0.1) is 17.5 Å². The maximum Gasteiger partial charge on any atom is 0.160 e. The zero-order valence-electron chi connectivity index (χ0n) is 11.7. The number of rotatable bonds is 4. The van der Waals surface area contributed by atoms with E-state index in [-0.39, 0.29) is 22.2 Å². The predicted octanol–water partition coefficient (Wildman–Crippen LogP) is 5.09. The van der Waals surface area contributed by atoms with Gasteiger partial charge in [-0.2, -0.15) is 0 Å². The second-order valence-electron chi connectivity index (χ2n) is 4.76. The average molecular weight is 314 g/mol. The van der Waals surface area contributed by atoms with Gasteiger partial charge in [0.2, 0.25) is 0 Å². The second-order valence-corrected chi connectivity index (χ2v) is 5.17. The van der Waals surface area contributed by atoms with Gasteiger partial charge in [-0.1, -0.05) is 24.6 Å². The Bertz CT molecular complexity index is 658. The van der Waals surface area contributed by atoms with Crippen molar-refractivity contribution < 1.29 is 13.2 Å². The highest BCUT2D eigenvalue weighted by Crippen LogP contribution is 2.33. The summed E-state index contributed by atoms with van der Waals surface area (Å²) in [6, 6.07) is 6.33. The van der Waals surface area contributed by atoms with E-state index in [1.165, 1.54) is 6.07 Å². The first kappa shape index (κ1) is 15.9. The van der Waals surface area contributed by atoms with Gasteiger partial charge in [-0.15, -0.1) is 0 Å². The van der Waals surface area contributed by atoms with Crippen molar-refractivity contribution in [2.75, 3.05) is 6.54 Å². The molecule has 0 saturated heterocycles. The van der Waals surface area contributed by atoms with E-state index >= 15 is 0 Å². The lowest BCUT2D eigenvalue weighted by atomic mass is 9.99. The summed E-state index contributed by atoms with van der Waals surface area (Å²) >= 11 is 5.91. The number of nitrogens with one attached hydrogen (secondary N) is 1. The van der Waals surface area contributed by atoms with E-state index in [1.54, 1.807) is 12.1 Å².